The van der Waals surface area contributed by atoms with E-state index in [1.807, 2.05) is 0 Å². The van der Waals surface area contributed by atoms with Crippen LogP contribution in [0, 0.1) is 23.2 Å². The second-order valence-corrected chi connectivity index (χ2v) is 9.51. The van der Waals surface area contributed by atoms with Crippen LogP contribution in [0.25, 0.3) is 0 Å². The zero-order chi connectivity index (χ0) is 20.6. The summed E-state index contributed by atoms with van der Waals surface area (Å²) in [5, 5.41) is 5.92. The molecule has 1 aromatic rings. The Hall–Kier alpha value is -1.95. The molecule has 5 rings (SSSR count). The summed E-state index contributed by atoms with van der Waals surface area (Å²) in [6.07, 6.45) is 8.16. The summed E-state index contributed by atoms with van der Waals surface area (Å²) in [4.78, 5) is 25.0. The first kappa shape index (κ1) is 20.3. The predicted molar refractivity (Wildman–Crippen MR) is 111 cm³/mol. The molecule has 0 heterocycles. The molecule has 6 nitrogen and oxygen atoms in total. The number of ether oxygens (including phenoxy) is 2. The van der Waals surface area contributed by atoms with E-state index in [1.54, 1.807) is 12.1 Å². The molecule has 158 valence electrons. The van der Waals surface area contributed by atoms with Crippen molar-refractivity contribution in [3.05, 3.63) is 17.2 Å². The molecule has 0 unspecified atom stereocenters. The third-order valence-corrected chi connectivity index (χ3v) is 7.19. The lowest BCUT2D eigenvalue weighted by atomic mass is 9.49. The Kier molecular flexibility index (Phi) is 5.65. The van der Waals surface area contributed by atoms with E-state index >= 15 is 0 Å². The van der Waals surface area contributed by atoms with Gasteiger partial charge in [-0.25, -0.2) is 0 Å². The highest BCUT2D eigenvalue weighted by Gasteiger charge is 2.51. The Morgan fingerprint density at radius 1 is 1.00 bits per heavy atom. The van der Waals surface area contributed by atoms with Crippen LogP contribution in [0.5, 0.6) is 11.5 Å². The van der Waals surface area contributed by atoms with Gasteiger partial charge in [0.1, 0.15) is 11.5 Å². The fourth-order valence-electron chi connectivity index (χ4n) is 6.24. The molecule has 4 aliphatic rings. The van der Waals surface area contributed by atoms with Gasteiger partial charge in [0, 0.05) is 12.5 Å². The lowest BCUT2D eigenvalue weighted by Gasteiger charge is -2.56. The summed E-state index contributed by atoms with van der Waals surface area (Å²) in [5.41, 5.74) is 0.612. The number of rotatable bonds is 7. The summed E-state index contributed by atoms with van der Waals surface area (Å²) < 4.78 is 10.4. The molecule has 4 fully saturated rings. The number of halogens is 1. The van der Waals surface area contributed by atoms with E-state index in [-0.39, 0.29) is 23.8 Å². The fraction of sp³-hybridized carbons (Fsp3) is 0.636. The number of anilines is 1. The summed E-state index contributed by atoms with van der Waals surface area (Å²) in [6, 6.07) is 3.19. The number of amides is 2. The van der Waals surface area contributed by atoms with Gasteiger partial charge in [-0.2, -0.15) is 0 Å². The van der Waals surface area contributed by atoms with Crippen molar-refractivity contribution in [3.8, 4) is 11.5 Å². The van der Waals surface area contributed by atoms with E-state index in [1.165, 1.54) is 52.7 Å². The summed E-state index contributed by atoms with van der Waals surface area (Å²) in [5.74, 6) is 2.99. The van der Waals surface area contributed by atoms with Gasteiger partial charge in [-0.1, -0.05) is 11.6 Å². The normalized spacial score (nSPS) is 29.4. The largest absolute Gasteiger partial charge is 0.495 e. The fourth-order valence-corrected chi connectivity index (χ4v) is 6.48. The highest BCUT2D eigenvalue weighted by Crippen LogP contribution is 2.61. The first-order valence-corrected chi connectivity index (χ1v) is 10.8. The minimum atomic E-state index is -0.316. The van der Waals surface area contributed by atoms with E-state index in [4.69, 9.17) is 21.1 Å². The van der Waals surface area contributed by atoms with Crippen LogP contribution in [0.2, 0.25) is 5.02 Å². The maximum absolute atomic E-state index is 12.6. The van der Waals surface area contributed by atoms with Gasteiger partial charge in [0.2, 0.25) is 11.8 Å². The average molecular weight is 421 g/mol. The van der Waals surface area contributed by atoms with E-state index < -0.39 is 0 Å². The molecule has 29 heavy (non-hydrogen) atoms. The van der Waals surface area contributed by atoms with Crippen LogP contribution in [0.15, 0.2) is 12.1 Å². The number of nitrogens with one attached hydrogen (secondary N) is 2. The monoisotopic (exact) mass is 420 g/mol. The molecule has 0 radical (unpaired) electrons. The lowest BCUT2D eigenvalue weighted by Crippen LogP contribution is -2.48. The molecular weight excluding hydrogens is 392 g/mol. The van der Waals surface area contributed by atoms with E-state index in [0.717, 1.165) is 17.8 Å². The van der Waals surface area contributed by atoms with E-state index in [2.05, 4.69) is 10.6 Å². The molecule has 4 bridgehead atoms. The van der Waals surface area contributed by atoms with Gasteiger partial charge in [0.15, 0.2) is 0 Å². The van der Waals surface area contributed by atoms with Crippen LogP contribution in [-0.4, -0.2) is 32.6 Å². The molecule has 0 saturated heterocycles. The van der Waals surface area contributed by atoms with Crippen LogP contribution >= 0.6 is 11.6 Å². The third kappa shape index (κ3) is 4.32. The van der Waals surface area contributed by atoms with Crippen molar-refractivity contribution in [3.63, 3.8) is 0 Å². The number of benzene rings is 1. The molecule has 1 aromatic carbocycles. The first-order chi connectivity index (χ1) is 13.9. The maximum Gasteiger partial charge on any atom is 0.243 e. The van der Waals surface area contributed by atoms with Gasteiger partial charge in [-0.05, 0) is 67.8 Å². The van der Waals surface area contributed by atoms with Gasteiger partial charge in [-0.15, -0.1) is 0 Å². The van der Waals surface area contributed by atoms with Crippen molar-refractivity contribution in [2.45, 2.75) is 44.9 Å². The van der Waals surface area contributed by atoms with Crippen molar-refractivity contribution in [1.29, 1.82) is 0 Å². The number of methoxy groups -OCH3 is 2. The third-order valence-electron chi connectivity index (χ3n) is 6.89. The molecule has 0 atom stereocenters. The van der Waals surface area contributed by atoms with Gasteiger partial charge in [0.25, 0.3) is 0 Å². The minimum Gasteiger partial charge on any atom is -0.495 e. The van der Waals surface area contributed by atoms with Crippen LogP contribution in [0.4, 0.5) is 5.69 Å². The molecule has 0 aliphatic heterocycles. The summed E-state index contributed by atoms with van der Waals surface area (Å²) in [6.45, 7) is -0.0714. The van der Waals surface area contributed by atoms with Gasteiger partial charge >= 0.3 is 0 Å². The molecule has 7 heteroatoms. The van der Waals surface area contributed by atoms with Crippen molar-refractivity contribution in [2.75, 3.05) is 26.1 Å². The van der Waals surface area contributed by atoms with E-state index in [0.29, 0.717) is 28.6 Å². The van der Waals surface area contributed by atoms with Crippen LogP contribution < -0.4 is 20.1 Å². The molecular formula is C22H29ClN2O4. The minimum absolute atomic E-state index is 0.0261. The van der Waals surface area contributed by atoms with Crippen LogP contribution in [0.3, 0.4) is 0 Å². The van der Waals surface area contributed by atoms with Gasteiger partial charge in [-0.3, -0.25) is 9.59 Å². The standard InChI is InChI=1S/C22H29ClN2O4/c1-28-18-7-19(29-2)17(6-16(18)23)25-21(27)12-24-20(26)11-22-8-13-3-14(9-22)5-15(4-13)10-22/h6-7,13-15H,3-5,8-12H2,1-2H3,(H,24,26)(H,25,27). The number of hydrogen-bond acceptors (Lipinski definition) is 4. The maximum atomic E-state index is 12.6. The van der Waals surface area contributed by atoms with Crippen molar-refractivity contribution >= 4 is 29.1 Å². The van der Waals surface area contributed by atoms with Crippen LogP contribution in [-0.2, 0) is 9.59 Å². The zero-order valence-corrected chi connectivity index (χ0v) is 17.8. The summed E-state index contributed by atoms with van der Waals surface area (Å²) in [7, 11) is 3.02. The van der Waals surface area contributed by atoms with Gasteiger partial charge in [0.05, 0.1) is 31.5 Å². The smallest absolute Gasteiger partial charge is 0.243 e. The van der Waals surface area contributed by atoms with Crippen molar-refractivity contribution < 1.29 is 19.1 Å². The van der Waals surface area contributed by atoms with Crippen LogP contribution in [0.1, 0.15) is 44.9 Å². The van der Waals surface area contributed by atoms with E-state index in [9.17, 15) is 9.59 Å². The average Bonchev–Trinajstić information content (AvgIpc) is 2.65. The second kappa shape index (κ2) is 8.05. The molecule has 4 aliphatic carbocycles. The number of carbonyl (C=O) groups excluding carboxylic acids is 2. The lowest BCUT2D eigenvalue weighted by molar-refractivity contribution is -0.131. The Bertz CT molecular complexity index is 775. The molecule has 0 spiro atoms. The topological polar surface area (TPSA) is 76.7 Å². The molecule has 4 saturated carbocycles. The molecule has 2 amide bonds. The summed E-state index contributed by atoms with van der Waals surface area (Å²) >= 11 is 6.14. The Balaban J connectivity index is 1.31. The number of carbonyl (C=O) groups is 2. The Morgan fingerprint density at radius 3 is 2.14 bits per heavy atom. The number of hydrogen-bond donors (Lipinski definition) is 2. The van der Waals surface area contributed by atoms with Crippen molar-refractivity contribution in [1.82, 2.24) is 5.32 Å². The predicted octanol–water partition coefficient (Wildman–Crippen LogP) is 4.02. The van der Waals surface area contributed by atoms with Crippen molar-refractivity contribution in [2.24, 2.45) is 23.2 Å². The highest BCUT2D eigenvalue weighted by atomic mass is 35.5. The SMILES string of the molecule is COc1cc(OC)c(NC(=O)CNC(=O)CC23CC4CC(CC(C4)C2)C3)cc1Cl. The zero-order valence-electron chi connectivity index (χ0n) is 17.1. The molecule has 0 aromatic heterocycles. The first-order valence-electron chi connectivity index (χ1n) is 10.4. The Morgan fingerprint density at radius 2 is 1.59 bits per heavy atom. The second-order valence-electron chi connectivity index (χ2n) is 9.11. The molecule has 2 N–H and O–H groups in total. The Labute approximate surface area is 176 Å². The highest BCUT2D eigenvalue weighted by molar-refractivity contribution is 6.32. The van der Waals surface area contributed by atoms with Gasteiger partial charge < -0.3 is 20.1 Å². The quantitative estimate of drug-likeness (QED) is 0.698.